The standard InChI is InChI=1S/C65H83NO15/c1-10-11-12-13-14-15-16-17-18-19-20-21-22-23-24-25-26-27-34-39-50(69)78-54-51-43(2)47(77-59(73)53(70)52(45-35-30-28-31-36-45)66-60(74)81-61(4,5)6)41-65(75,62(51,7)8)57(79-58(72)46-37-32-29-33-38-46)55-63(9,56(54)71)48(68)40-49-64(55,42-76-49)80-44(3)67/h11-12,14-15,17-18,20-21,23-24,26-33,35-38,47-49,52-55,57,68,70,75H,10,13,16,19,22,25,34,39-42H2,1-9H3,(H,66,74)/b12-11-,15-14-,18-17-,21-20-,24-23-,27-26-/t47?,48-,49+,52-,53?,54+,55-,57-,63+,64-,65+/m0/s1. The molecule has 16 nitrogen and oxygen atoms in total. The van der Waals surface area contributed by atoms with Gasteiger partial charge in [-0.1, -0.05) is 142 Å². The lowest BCUT2D eigenvalue weighted by Gasteiger charge is -2.67. The Bertz CT molecular complexity index is 2750. The van der Waals surface area contributed by atoms with E-state index in [1.54, 1.807) is 90.1 Å². The molecule has 2 aromatic rings. The molecule has 16 heteroatoms. The predicted molar refractivity (Wildman–Crippen MR) is 305 cm³/mol. The maximum atomic E-state index is 16.1. The molecule has 2 bridgehead atoms. The number of esters is 4. The Morgan fingerprint density at radius 3 is 1.85 bits per heavy atom. The zero-order valence-corrected chi connectivity index (χ0v) is 48.3. The minimum absolute atomic E-state index is 0.0107. The summed E-state index contributed by atoms with van der Waals surface area (Å²) in [5, 5.41) is 40.9. The van der Waals surface area contributed by atoms with Gasteiger partial charge in [-0.3, -0.25) is 14.4 Å². The number of ketones is 1. The fourth-order valence-electron chi connectivity index (χ4n) is 11.7. The summed E-state index contributed by atoms with van der Waals surface area (Å²) in [4.78, 5) is 85.9. The SMILES string of the molecule is CC/C=C\C/C=C\C/C=C\C/C=C\C/C=C\C/C=C\CCC(=O)O[C@H]1C(=O)[C@@]2(C)[C@H]([C@H](OC(=O)c3ccccc3)[C@]3(O)CC(OC(=O)C(O)[C@@H](NC(=O)OC(C)(C)C)c4ccccc4)C(C)=C1C3(C)C)[C@]1(OC(C)=O)CO[C@@H]1C[C@@H]2O. The highest BCUT2D eigenvalue weighted by atomic mass is 16.6. The second-order valence-corrected chi connectivity index (χ2v) is 23.0. The van der Waals surface area contributed by atoms with Gasteiger partial charge in [0.25, 0.3) is 0 Å². The summed E-state index contributed by atoms with van der Waals surface area (Å²) in [5.74, 6) is -6.26. The van der Waals surface area contributed by atoms with Crippen molar-refractivity contribution in [2.24, 2.45) is 16.7 Å². The summed E-state index contributed by atoms with van der Waals surface area (Å²) < 4.78 is 36.6. The van der Waals surface area contributed by atoms with Crippen molar-refractivity contribution < 1.29 is 72.5 Å². The number of hydrogen-bond acceptors (Lipinski definition) is 15. The molecule has 2 saturated carbocycles. The summed E-state index contributed by atoms with van der Waals surface area (Å²) in [7, 11) is 0. The van der Waals surface area contributed by atoms with Crippen LogP contribution in [0.2, 0.25) is 0 Å². The fraction of sp³-hybridized carbons (Fsp3) is 0.508. The van der Waals surface area contributed by atoms with Gasteiger partial charge in [-0.2, -0.15) is 0 Å². The summed E-state index contributed by atoms with van der Waals surface area (Å²) in [6.07, 6.45) is 18.3. The average Bonchev–Trinajstić information content (AvgIpc) is 3.41. The van der Waals surface area contributed by atoms with Crippen LogP contribution < -0.4 is 5.32 Å². The van der Waals surface area contributed by atoms with Crippen LogP contribution in [0.1, 0.15) is 148 Å². The van der Waals surface area contributed by atoms with E-state index in [1.807, 2.05) is 24.3 Å². The molecule has 4 N–H and O–H groups in total. The Hall–Kier alpha value is -6.72. The smallest absolute Gasteiger partial charge is 0.408 e. The Balaban J connectivity index is 1.34. The molecule has 0 radical (unpaired) electrons. The van der Waals surface area contributed by atoms with Crippen molar-refractivity contribution in [3.8, 4) is 0 Å². The van der Waals surface area contributed by atoms with E-state index in [0.29, 0.717) is 12.0 Å². The second-order valence-electron chi connectivity index (χ2n) is 23.0. The lowest BCUT2D eigenvalue weighted by Crippen LogP contribution is -2.82. The van der Waals surface area contributed by atoms with Gasteiger partial charge in [0.2, 0.25) is 0 Å². The van der Waals surface area contributed by atoms with Crippen LogP contribution in [-0.2, 0) is 47.6 Å². The first kappa shape index (κ1) is 63.5. The van der Waals surface area contributed by atoms with Gasteiger partial charge < -0.3 is 49.1 Å². The van der Waals surface area contributed by atoms with Crippen LogP contribution in [0.5, 0.6) is 0 Å². The number of aliphatic hydroxyl groups is 3. The first-order valence-electron chi connectivity index (χ1n) is 28.2. The quantitative estimate of drug-likeness (QED) is 0.0461. The number of carbonyl (C=O) groups excluding carboxylic acids is 6. The monoisotopic (exact) mass is 1120 g/mol. The summed E-state index contributed by atoms with van der Waals surface area (Å²) in [6, 6.07) is 14.6. The number of Topliss-reactive ketones (excluding diaryl/α,β-unsaturated/α-hetero) is 1. The number of rotatable bonds is 23. The first-order chi connectivity index (χ1) is 38.4. The summed E-state index contributed by atoms with van der Waals surface area (Å²) in [5.41, 5.74) is -8.50. The molecule has 6 rings (SSSR count). The van der Waals surface area contributed by atoms with Crippen LogP contribution in [0, 0.1) is 16.7 Å². The highest BCUT2D eigenvalue weighted by Crippen LogP contribution is 2.64. The number of aliphatic hydroxyl groups excluding tert-OH is 2. The molecule has 0 spiro atoms. The minimum Gasteiger partial charge on any atom is -0.456 e. The lowest BCUT2D eigenvalue weighted by molar-refractivity contribution is -0.346. The number of fused-ring (bicyclic) bond motifs is 5. The number of benzene rings is 2. The zero-order chi connectivity index (χ0) is 59.2. The maximum absolute atomic E-state index is 16.1. The number of allylic oxidation sites excluding steroid dienone is 12. The molecule has 1 saturated heterocycles. The Morgan fingerprint density at radius 1 is 0.790 bits per heavy atom. The van der Waals surface area contributed by atoms with Crippen molar-refractivity contribution >= 4 is 35.8 Å². The van der Waals surface area contributed by atoms with Gasteiger partial charge in [-0.05, 0) is 108 Å². The topological polar surface area (TPSA) is 231 Å². The van der Waals surface area contributed by atoms with E-state index < -0.39 is 118 Å². The van der Waals surface area contributed by atoms with Crippen LogP contribution >= 0.6 is 0 Å². The highest BCUT2D eigenvalue weighted by molar-refractivity contribution is 5.96. The fourth-order valence-corrected chi connectivity index (χ4v) is 11.7. The van der Waals surface area contributed by atoms with Gasteiger partial charge in [0.15, 0.2) is 23.6 Å². The Labute approximate surface area is 477 Å². The van der Waals surface area contributed by atoms with Crippen molar-refractivity contribution in [3.05, 3.63) is 156 Å². The number of carbonyl (C=O) groups is 6. The summed E-state index contributed by atoms with van der Waals surface area (Å²) >= 11 is 0. The van der Waals surface area contributed by atoms with E-state index in [4.69, 9.17) is 28.4 Å². The highest BCUT2D eigenvalue weighted by Gasteiger charge is 2.78. The molecular formula is C65H83NO15. The number of nitrogens with one attached hydrogen (secondary N) is 1. The second kappa shape index (κ2) is 27.8. The molecule has 4 aliphatic rings. The van der Waals surface area contributed by atoms with Gasteiger partial charge in [-0.25, -0.2) is 14.4 Å². The molecule has 3 aliphatic carbocycles. The van der Waals surface area contributed by atoms with Crippen LogP contribution in [0.4, 0.5) is 4.79 Å². The molecule has 1 heterocycles. The van der Waals surface area contributed by atoms with E-state index in [1.165, 1.54) is 19.1 Å². The molecule has 3 fully saturated rings. The predicted octanol–water partition coefficient (Wildman–Crippen LogP) is 10.3. The molecule has 1 aliphatic heterocycles. The lowest BCUT2D eigenvalue weighted by atomic mass is 9.44. The van der Waals surface area contributed by atoms with Crippen molar-refractivity contribution in [2.75, 3.05) is 6.61 Å². The average molecular weight is 1120 g/mol. The van der Waals surface area contributed by atoms with E-state index in [-0.39, 0.29) is 42.6 Å². The maximum Gasteiger partial charge on any atom is 0.408 e. The molecule has 2 unspecified atom stereocenters. The normalized spacial score (nSPS) is 28.0. The van der Waals surface area contributed by atoms with Gasteiger partial charge >= 0.3 is 30.0 Å². The number of amides is 1. The molecule has 81 heavy (non-hydrogen) atoms. The van der Waals surface area contributed by atoms with Crippen LogP contribution in [0.15, 0.2) is 145 Å². The molecule has 2 aromatic carbocycles. The largest absolute Gasteiger partial charge is 0.456 e. The Morgan fingerprint density at radius 2 is 1.33 bits per heavy atom. The molecule has 1 amide bonds. The van der Waals surface area contributed by atoms with Crippen molar-refractivity contribution in [1.82, 2.24) is 5.32 Å². The van der Waals surface area contributed by atoms with Crippen LogP contribution in [-0.4, -0.2) is 111 Å². The third-order valence-electron chi connectivity index (χ3n) is 15.9. The third-order valence-corrected chi connectivity index (χ3v) is 15.9. The minimum atomic E-state index is -2.44. The van der Waals surface area contributed by atoms with Gasteiger partial charge in [0.05, 0.1) is 35.6 Å². The van der Waals surface area contributed by atoms with Crippen LogP contribution in [0.3, 0.4) is 0 Å². The van der Waals surface area contributed by atoms with E-state index >= 15 is 4.79 Å². The van der Waals surface area contributed by atoms with Gasteiger partial charge in [0, 0.05) is 31.6 Å². The van der Waals surface area contributed by atoms with E-state index in [9.17, 15) is 39.3 Å². The van der Waals surface area contributed by atoms with Crippen molar-refractivity contribution in [3.63, 3.8) is 0 Å². The van der Waals surface area contributed by atoms with Gasteiger partial charge in [-0.15, -0.1) is 0 Å². The first-order valence-corrected chi connectivity index (χ1v) is 28.2. The van der Waals surface area contributed by atoms with Crippen molar-refractivity contribution in [1.29, 1.82) is 0 Å². The van der Waals surface area contributed by atoms with Gasteiger partial charge in [0.1, 0.15) is 29.5 Å². The molecule has 438 valence electrons. The Kier molecular flexibility index (Phi) is 21.8. The van der Waals surface area contributed by atoms with Crippen LogP contribution in [0.25, 0.3) is 0 Å². The number of hydrogen-bond donors (Lipinski definition) is 4. The van der Waals surface area contributed by atoms with E-state index in [2.05, 4.69) is 60.8 Å². The van der Waals surface area contributed by atoms with E-state index in [0.717, 1.165) is 39.0 Å². The molecular weight excluding hydrogens is 1030 g/mol. The number of ether oxygens (including phenoxy) is 6. The molecule has 11 atom stereocenters. The summed E-state index contributed by atoms with van der Waals surface area (Å²) in [6.45, 7) is 14.0. The molecule has 0 aromatic heterocycles. The number of alkyl carbamates (subject to hydrolysis) is 1. The third kappa shape index (κ3) is 14.9. The van der Waals surface area contributed by atoms with Crippen molar-refractivity contribution in [2.45, 2.75) is 186 Å². The zero-order valence-electron chi connectivity index (χ0n) is 48.3.